The fourth-order valence-corrected chi connectivity index (χ4v) is 2.50. The van der Waals surface area contributed by atoms with Gasteiger partial charge in [-0.15, -0.1) is 0 Å². The number of fused-ring (bicyclic) bond motifs is 1. The van der Waals surface area contributed by atoms with Crippen LogP contribution in [0.1, 0.15) is 24.1 Å². The van der Waals surface area contributed by atoms with Gasteiger partial charge in [0.2, 0.25) is 0 Å². The highest BCUT2D eigenvalue weighted by molar-refractivity contribution is 7.98. The van der Waals surface area contributed by atoms with Gasteiger partial charge < -0.3 is 10.6 Å². The van der Waals surface area contributed by atoms with E-state index in [9.17, 15) is 0 Å². The standard InChI is InChI=1S/C12H18N4S/c1-17-12-15-10-4-5-13-7-9(10)11(16-12)14-6-8-2-3-8/h8,13H,2-7H2,1H3,(H,14,15,16). The van der Waals surface area contributed by atoms with E-state index < -0.39 is 0 Å². The molecule has 1 aliphatic heterocycles. The lowest BCUT2D eigenvalue weighted by Gasteiger charge is -2.20. The summed E-state index contributed by atoms with van der Waals surface area (Å²) in [6.45, 7) is 2.99. The minimum absolute atomic E-state index is 0.870. The Morgan fingerprint density at radius 3 is 3.06 bits per heavy atom. The lowest BCUT2D eigenvalue weighted by molar-refractivity contribution is 0.617. The molecule has 0 atom stereocenters. The van der Waals surface area contributed by atoms with Gasteiger partial charge in [-0.1, -0.05) is 11.8 Å². The molecule has 2 N–H and O–H groups in total. The average molecular weight is 250 g/mol. The number of hydrogen-bond donors (Lipinski definition) is 2. The first-order chi connectivity index (χ1) is 8.36. The third-order valence-corrected chi connectivity index (χ3v) is 3.90. The molecule has 1 aromatic rings. The third kappa shape index (κ3) is 2.55. The Hall–Kier alpha value is -0.810. The van der Waals surface area contributed by atoms with Gasteiger partial charge in [0.15, 0.2) is 5.16 Å². The van der Waals surface area contributed by atoms with Crippen LogP contribution in [-0.2, 0) is 13.0 Å². The molecule has 1 saturated carbocycles. The van der Waals surface area contributed by atoms with E-state index in [0.717, 1.165) is 42.9 Å². The van der Waals surface area contributed by atoms with E-state index in [1.54, 1.807) is 11.8 Å². The third-order valence-electron chi connectivity index (χ3n) is 3.35. The van der Waals surface area contributed by atoms with Crippen molar-refractivity contribution in [3.05, 3.63) is 11.3 Å². The van der Waals surface area contributed by atoms with Crippen molar-refractivity contribution in [3.8, 4) is 0 Å². The first kappa shape index (κ1) is 11.3. The second-order valence-electron chi connectivity index (χ2n) is 4.74. The van der Waals surface area contributed by atoms with E-state index in [2.05, 4.69) is 20.6 Å². The molecule has 0 saturated heterocycles. The van der Waals surface area contributed by atoms with Crippen molar-refractivity contribution in [1.82, 2.24) is 15.3 Å². The summed E-state index contributed by atoms with van der Waals surface area (Å²) in [4.78, 5) is 9.21. The van der Waals surface area contributed by atoms with Crippen LogP contribution in [0.2, 0.25) is 0 Å². The molecule has 0 unspecified atom stereocenters. The zero-order valence-electron chi connectivity index (χ0n) is 10.1. The minimum atomic E-state index is 0.870. The van der Waals surface area contributed by atoms with Gasteiger partial charge in [-0.25, -0.2) is 9.97 Å². The quantitative estimate of drug-likeness (QED) is 0.629. The number of rotatable bonds is 4. The molecule has 1 aliphatic carbocycles. The molecule has 4 nitrogen and oxygen atoms in total. The summed E-state index contributed by atoms with van der Waals surface area (Å²) in [5.74, 6) is 1.92. The van der Waals surface area contributed by atoms with Crippen molar-refractivity contribution >= 4 is 17.6 Å². The second kappa shape index (κ2) is 4.82. The molecule has 1 aromatic heterocycles. The van der Waals surface area contributed by atoms with Crippen molar-refractivity contribution in [2.45, 2.75) is 31.0 Å². The van der Waals surface area contributed by atoms with Crippen LogP contribution in [0.4, 0.5) is 5.82 Å². The van der Waals surface area contributed by atoms with Gasteiger partial charge in [0.05, 0.1) is 5.69 Å². The van der Waals surface area contributed by atoms with E-state index in [1.165, 1.54) is 24.1 Å². The SMILES string of the molecule is CSc1nc2c(c(NCC3CC3)n1)CNCC2. The van der Waals surface area contributed by atoms with Crippen molar-refractivity contribution in [2.24, 2.45) is 5.92 Å². The van der Waals surface area contributed by atoms with Crippen molar-refractivity contribution < 1.29 is 0 Å². The lowest BCUT2D eigenvalue weighted by Crippen LogP contribution is -2.27. The number of aromatic nitrogens is 2. The largest absolute Gasteiger partial charge is 0.369 e. The Labute approximate surface area is 106 Å². The highest BCUT2D eigenvalue weighted by Crippen LogP contribution is 2.30. The van der Waals surface area contributed by atoms with Crippen LogP contribution < -0.4 is 10.6 Å². The smallest absolute Gasteiger partial charge is 0.189 e. The molecule has 17 heavy (non-hydrogen) atoms. The summed E-state index contributed by atoms with van der Waals surface area (Å²) in [6.07, 6.45) is 5.79. The van der Waals surface area contributed by atoms with E-state index in [4.69, 9.17) is 0 Å². The maximum Gasteiger partial charge on any atom is 0.189 e. The van der Waals surface area contributed by atoms with Crippen molar-refractivity contribution in [3.63, 3.8) is 0 Å². The summed E-state index contributed by atoms with van der Waals surface area (Å²) in [5.41, 5.74) is 2.50. The fraction of sp³-hybridized carbons (Fsp3) is 0.667. The van der Waals surface area contributed by atoms with Gasteiger partial charge in [0, 0.05) is 31.6 Å². The molecule has 0 bridgehead atoms. The highest BCUT2D eigenvalue weighted by atomic mass is 32.2. The zero-order valence-corrected chi connectivity index (χ0v) is 10.9. The van der Waals surface area contributed by atoms with E-state index in [-0.39, 0.29) is 0 Å². The number of thioether (sulfide) groups is 1. The molecule has 0 radical (unpaired) electrons. The van der Waals surface area contributed by atoms with Gasteiger partial charge in [0.1, 0.15) is 5.82 Å². The van der Waals surface area contributed by atoms with Gasteiger partial charge in [-0.05, 0) is 25.0 Å². The Bertz CT molecular complexity index is 417. The molecule has 0 spiro atoms. The Morgan fingerprint density at radius 2 is 2.29 bits per heavy atom. The fourth-order valence-electron chi connectivity index (χ4n) is 2.12. The molecule has 0 aromatic carbocycles. The Morgan fingerprint density at radius 1 is 1.41 bits per heavy atom. The molecule has 92 valence electrons. The van der Waals surface area contributed by atoms with Crippen LogP contribution in [-0.4, -0.2) is 29.3 Å². The zero-order chi connectivity index (χ0) is 11.7. The monoisotopic (exact) mass is 250 g/mol. The summed E-state index contributed by atoms with van der Waals surface area (Å²) >= 11 is 1.62. The summed E-state index contributed by atoms with van der Waals surface area (Å²) in [7, 11) is 0. The molecule has 5 heteroatoms. The van der Waals surface area contributed by atoms with Crippen molar-refractivity contribution in [1.29, 1.82) is 0 Å². The molecule has 3 rings (SSSR count). The Kier molecular flexibility index (Phi) is 3.20. The maximum absolute atomic E-state index is 4.61. The molecular formula is C12H18N4S. The molecule has 2 heterocycles. The second-order valence-corrected chi connectivity index (χ2v) is 5.51. The molecule has 0 amide bonds. The van der Waals surface area contributed by atoms with E-state index >= 15 is 0 Å². The van der Waals surface area contributed by atoms with Crippen molar-refractivity contribution in [2.75, 3.05) is 24.7 Å². The normalized spacial score (nSPS) is 18.9. The highest BCUT2D eigenvalue weighted by Gasteiger charge is 2.23. The van der Waals surface area contributed by atoms with Gasteiger partial charge >= 0.3 is 0 Å². The molecule has 2 aliphatic rings. The summed E-state index contributed by atoms with van der Waals surface area (Å²) in [6, 6.07) is 0. The van der Waals surface area contributed by atoms with E-state index in [1.807, 2.05) is 6.26 Å². The first-order valence-corrected chi connectivity index (χ1v) is 7.47. The van der Waals surface area contributed by atoms with Gasteiger partial charge in [-0.3, -0.25) is 0 Å². The number of nitrogens with one attached hydrogen (secondary N) is 2. The lowest BCUT2D eigenvalue weighted by atomic mass is 10.1. The van der Waals surface area contributed by atoms with Crippen LogP contribution >= 0.6 is 11.8 Å². The van der Waals surface area contributed by atoms with Crippen LogP contribution in [0.5, 0.6) is 0 Å². The summed E-state index contributed by atoms with van der Waals surface area (Å²) < 4.78 is 0. The number of anilines is 1. The van der Waals surface area contributed by atoms with Crippen LogP contribution in [0, 0.1) is 5.92 Å². The molecular weight excluding hydrogens is 232 g/mol. The number of hydrogen-bond acceptors (Lipinski definition) is 5. The molecule has 1 fully saturated rings. The van der Waals surface area contributed by atoms with E-state index in [0.29, 0.717) is 0 Å². The predicted octanol–water partition coefficient (Wildman–Crippen LogP) is 1.67. The van der Waals surface area contributed by atoms with Crippen LogP contribution in [0.15, 0.2) is 5.16 Å². The number of nitrogens with zero attached hydrogens (tertiary/aromatic N) is 2. The maximum atomic E-state index is 4.61. The average Bonchev–Trinajstić information content (AvgIpc) is 3.19. The van der Waals surface area contributed by atoms with Gasteiger partial charge in [-0.2, -0.15) is 0 Å². The summed E-state index contributed by atoms with van der Waals surface area (Å²) in [5, 5.41) is 7.79. The topological polar surface area (TPSA) is 49.8 Å². The first-order valence-electron chi connectivity index (χ1n) is 6.25. The minimum Gasteiger partial charge on any atom is -0.369 e. The van der Waals surface area contributed by atoms with Gasteiger partial charge in [0.25, 0.3) is 0 Å². The Balaban J connectivity index is 1.86. The van der Waals surface area contributed by atoms with Crippen LogP contribution in [0.25, 0.3) is 0 Å². The predicted molar refractivity (Wildman–Crippen MR) is 70.4 cm³/mol. The van der Waals surface area contributed by atoms with Crippen LogP contribution in [0.3, 0.4) is 0 Å².